The van der Waals surface area contributed by atoms with E-state index in [2.05, 4.69) is 38.1 Å². The number of aryl methyl sites for hydroxylation is 2. The second kappa shape index (κ2) is 4.81. The summed E-state index contributed by atoms with van der Waals surface area (Å²) in [6.07, 6.45) is 0.317. The summed E-state index contributed by atoms with van der Waals surface area (Å²) in [5.41, 5.74) is 3.44. The molecule has 1 unspecified atom stereocenters. The van der Waals surface area contributed by atoms with E-state index in [1.807, 2.05) is 11.4 Å². The number of hydrogen-bond acceptors (Lipinski definition) is 2. The Morgan fingerprint density at radius 1 is 1.19 bits per heavy atom. The molecule has 0 fully saturated rings. The number of aliphatic hydroxyl groups excluding tert-OH is 1. The van der Waals surface area contributed by atoms with Crippen LogP contribution < -0.4 is 0 Å². The molecule has 1 N–H and O–H groups in total. The summed E-state index contributed by atoms with van der Waals surface area (Å²) in [6.45, 7) is 4.13. The normalized spacial score (nSPS) is 12.7. The van der Waals surface area contributed by atoms with Crippen molar-refractivity contribution in [2.75, 3.05) is 0 Å². The monoisotopic (exact) mass is 232 g/mol. The van der Waals surface area contributed by atoms with Gasteiger partial charge >= 0.3 is 0 Å². The Hall–Kier alpha value is -1.12. The van der Waals surface area contributed by atoms with Crippen LogP contribution in [0.5, 0.6) is 0 Å². The first kappa shape index (κ1) is 11.4. The quantitative estimate of drug-likeness (QED) is 0.856. The second-order valence-electron chi connectivity index (χ2n) is 4.22. The number of rotatable bonds is 3. The van der Waals surface area contributed by atoms with Crippen molar-refractivity contribution >= 4 is 11.3 Å². The maximum Gasteiger partial charge on any atom is 0.0838 e. The number of aliphatic hydroxyl groups is 1. The molecule has 0 aliphatic rings. The van der Waals surface area contributed by atoms with Crippen LogP contribution in [0.1, 0.15) is 27.7 Å². The zero-order valence-electron chi connectivity index (χ0n) is 9.60. The Kier molecular flexibility index (Phi) is 3.42. The highest BCUT2D eigenvalue weighted by atomic mass is 32.1. The molecule has 0 saturated heterocycles. The first-order valence-corrected chi connectivity index (χ1v) is 6.32. The highest BCUT2D eigenvalue weighted by molar-refractivity contribution is 7.09. The van der Waals surface area contributed by atoms with Crippen LogP contribution in [-0.2, 0) is 6.42 Å². The molecule has 0 aliphatic heterocycles. The van der Waals surface area contributed by atoms with Gasteiger partial charge < -0.3 is 5.11 Å². The average Bonchev–Trinajstić information content (AvgIpc) is 2.68. The third-order valence-electron chi connectivity index (χ3n) is 2.60. The van der Waals surface area contributed by atoms with Gasteiger partial charge in [0.1, 0.15) is 0 Å². The summed E-state index contributed by atoms with van der Waals surface area (Å²) in [5.74, 6) is 0. The van der Waals surface area contributed by atoms with Gasteiger partial charge in [0.25, 0.3) is 0 Å². The highest BCUT2D eigenvalue weighted by Crippen LogP contribution is 2.22. The van der Waals surface area contributed by atoms with Gasteiger partial charge in [-0.15, -0.1) is 11.3 Å². The van der Waals surface area contributed by atoms with Gasteiger partial charge in [-0.3, -0.25) is 0 Å². The van der Waals surface area contributed by atoms with Crippen molar-refractivity contribution in [1.29, 1.82) is 0 Å². The predicted octanol–water partition coefficient (Wildman–Crippen LogP) is 3.64. The van der Waals surface area contributed by atoms with Crippen molar-refractivity contribution in [1.82, 2.24) is 0 Å². The lowest BCUT2D eigenvalue weighted by Crippen LogP contribution is -2.01. The van der Waals surface area contributed by atoms with Gasteiger partial charge in [0.05, 0.1) is 6.10 Å². The Morgan fingerprint density at radius 2 is 1.88 bits per heavy atom. The summed E-state index contributed by atoms with van der Waals surface area (Å²) in [6, 6.07) is 10.3. The summed E-state index contributed by atoms with van der Waals surface area (Å²) >= 11 is 1.69. The maximum atomic E-state index is 10.1. The molecule has 1 heterocycles. The van der Waals surface area contributed by atoms with Gasteiger partial charge in [-0.25, -0.2) is 0 Å². The fourth-order valence-corrected chi connectivity index (χ4v) is 2.68. The molecule has 1 aromatic carbocycles. The molecule has 0 amide bonds. The summed E-state index contributed by atoms with van der Waals surface area (Å²) in [5, 5.41) is 12.2. The number of hydrogen-bond donors (Lipinski definition) is 1. The van der Waals surface area contributed by atoms with E-state index in [1.165, 1.54) is 16.0 Å². The van der Waals surface area contributed by atoms with Crippen molar-refractivity contribution in [2.45, 2.75) is 26.4 Å². The molecule has 1 aromatic heterocycles. The molecule has 1 atom stereocenters. The van der Waals surface area contributed by atoms with Crippen LogP contribution in [0.4, 0.5) is 0 Å². The SMILES string of the molecule is Cc1cc(C)cc(C(O)Cc2cccs2)c1. The number of benzene rings is 1. The fraction of sp³-hybridized carbons (Fsp3) is 0.286. The molecular weight excluding hydrogens is 216 g/mol. The van der Waals surface area contributed by atoms with Crippen molar-refractivity contribution in [2.24, 2.45) is 0 Å². The molecule has 1 nitrogen and oxygen atoms in total. The van der Waals surface area contributed by atoms with Gasteiger partial charge in [0.2, 0.25) is 0 Å². The third-order valence-corrected chi connectivity index (χ3v) is 3.50. The molecular formula is C14H16OS. The van der Waals surface area contributed by atoms with Gasteiger partial charge in [0.15, 0.2) is 0 Å². The van der Waals surface area contributed by atoms with Gasteiger partial charge in [-0.1, -0.05) is 35.4 Å². The molecule has 0 radical (unpaired) electrons. The van der Waals surface area contributed by atoms with E-state index in [4.69, 9.17) is 0 Å². The van der Waals surface area contributed by atoms with E-state index >= 15 is 0 Å². The van der Waals surface area contributed by atoms with Crippen molar-refractivity contribution < 1.29 is 5.11 Å². The average molecular weight is 232 g/mol. The highest BCUT2D eigenvalue weighted by Gasteiger charge is 2.09. The van der Waals surface area contributed by atoms with Crippen LogP contribution in [-0.4, -0.2) is 5.11 Å². The largest absolute Gasteiger partial charge is 0.388 e. The fourth-order valence-electron chi connectivity index (χ4n) is 1.94. The lowest BCUT2D eigenvalue weighted by molar-refractivity contribution is 0.179. The van der Waals surface area contributed by atoms with Crippen LogP contribution in [0.3, 0.4) is 0 Å². The van der Waals surface area contributed by atoms with Crippen molar-refractivity contribution in [3.05, 3.63) is 57.3 Å². The van der Waals surface area contributed by atoms with Gasteiger partial charge in [0, 0.05) is 11.3 Å². The summed E-state index contributed by atoms with van der Waals surface area (Å²) < 4.78 is 0. The van der Waals surface area contributed by atoms with Crippen molar-refractivity contribution in [3.8, 4) is 0 Å². The van der Waals surface area contributed by atoms with E-state index in [0.717, 1.165) is 5.56 Å². The predicted molar refractivity (Wildman–Crippen MR) is 68.9 cm³/mol. The Morgan fingerprint density at radius 3 is 2.44 bits per heavy atom. The lowest BCUT2D eigenvalue weighted by atomic mass is 10.0. The molecule has 0 aliphatic carbocycles. The van der Waals surface area contributed by atoms with Crippen LogP contribution in [0.25, 0.3) is 0 Å². The van der Waals surface area contributed by atoms with Crippen LogP contribution >= 0.6 is 11.3 Å². The molecule has 2 heteroatoms. The summed E-state index contributed by atoms with van der Waals surface area (Å²) in [4.78, 5) is 1.23. The molecule has 0 spiro atoms. The van der Waals surface area contributed by atoms with Crippen LogP contribution in [0.15, 0.2) is 35.7 Å². The minimum atomic E-state index is -0.391. The topological polar surface area (TPSA) is 20.2 Å². The van der Waals surface area contributed by atoms with Crippen LogP contribution in [0, 0.1) is 13.8 Å². The first-order valence-electron chi connectivity index (χ1n) is 5.44. The minimum absolute atomic E-state index is 0.391. The van der Waals surface area contributed by atoms with E-state index in [1.54, 1.807) is 11.3 Å². The molecule has 84 valence electrons. The third kappa shape index (κ3) is 2.71. The van der Waals surface area contributed by atoms with Crippen molar-refractivity contribution in [3.63, 3.8) is 0 Å². The minimum Gasteiger partial charge on any atom is -0.388 e. The molecule has 16 heavy (non-hydrogen) atoms. The standard InChI is InChI=1S/C14H16OS/c1-10-6-11(2)8-12(7-10)14(15)9-13-4-3-5-16-13/h3-8,14-15H,9H2,1-2H3. The van der Waals surface area contributed by atoms with E-state index in [-0.39, 0.29) is 0 Å². The maximum absolute atomic E-state index is 10.1. The van der Waals surface area contributed by atoms with E-state index in [9.17, 15) is 5.11 Å². The second-order valence-corrected chi connectivity index (χ2v) is 5.25. The molecule has 0 saturated carbocycles. The van der Waals surface area contributed by atoms with E-state index in [0.29, 0.717) is 6.42 Å². The summed E-state index contributed by atoms with van der Waals surface area (Å²) in [7, 11) is 0. The van der Waals surface area contributed by atoms with Gasteiger partial charge in [-0.2, -0.15) is 0 Å². The molecule has 0 bridgehead atoms. The molecule has 2 rings (SSSR count). The zero-order chi connectivity index (χ0) is 11.5. The van der Waals surface area contributed by atoms with E-state index < -0.39 is 6.10 Å². The van der Waals surface area contributed by atoms with Crippen LogP contribution in [0.2, 0.25) is 0 Å². The zero-order valence-corrected chi connectivity index (χ0v) is 10.4. The number of thiophene rings is 1. The smallest absolute Gasteiger partial charge is 0.0838 e. The van der Waals surface area contributed by atoms with Gasteiger partial charge in [-0.05, 0) is 30.9 Å². The first-order chi connectivity index (χ1) is 7.65. The Bertz CT molecular complexity index is 439. The lowest BCUT2D eigenvalue weighted by Gasteiger charge is -2.11. The Balaban J connectivity index is 2.17. The Labute approximate surface area is 100 Å². The molecule has 2 aromatic rings.